The van der Waals surface area contributed by atoms with E-state index >= 15 is 0 Å². The van der Waals surface area contributed by atoms with Crippen molar-refractivity contribution in [3.63, 3.8) is 0 Å². The van der Waals surface area contributed by atoms with Crippen LogP contribution in [0.1, 0.15) is 11.3 Å². The molecule has 2 aromatic heterocycles. The topological polar surface area (TPSA) is 45.8 Å². The van der Waals surface area contributed by atoms with Gasteiger partial charge in [-0.05, 0) is 46.7 Å². The number of thiophene rings is 1. The molecule has 0 radical (unpaired) electrons. The molecule has 3 aromatic rings. The maximum absolute atomic E-state index is 10.3. The van der Waals surface area contributed by atoms with Crippen LogP contribution in [0.2, 0.25) is 0 Å². The molecule has 3 rings (SSSR count). The molecule has 24 heavy (non-hydrogen) atoms. The van der Waals surface area contributed by atoms with Crippen molar-refractivity contribution in [2.24, 2.45) is 0 Å². The van der Waals surface area contributed by atoms with E-state index in [0.717, 1.165) is 18.1 Å². The second-order valence-corrected chi connectivity index (χ2v) is 6.44. The summed E-state index contributed by atoms with van der Waals surface area (Å²) in [6, 6.07) is 15.5. The standard InChI is InChI=1S/C19H21NO3S/c21-17(14-23-18-5-2-1-3-6-18)12-20(11-16-8-10-24-15-16)13-19-7-4-9-22-19/h1-10,15,17,21H,11-14H2/t17-/m1/s1. The molecular formula is C19H21NO3S. The highest BCUT2D eigenvalue weighted by atomic mass is 32.1. The van der Waals surface area contributed by atoms with Gasteiger partial charge < -0.3 is 14.3 Å². The Hall–Kier alpha value is -2.08. The monoisotopic (exact) mass is 343 g/mol. The molecule has 0 bridgehead atoms. The third-order valence-electron chi connectivity index (χ3n) is 3.60. The lowest BCUT2D eigenvalue weighted by molar-refractivity contribution is 0.0605. The van der Waals surface area contributed by atoms with Gasteiger partial charge in [0.25, 0.3) is 0 Å². The minimum Gasteiger partial charge on any atom is -0.491 e. The second-order valence-electron chi connectivity index (χ2n) is 5.66. The number of aliphatic hydroxyl groups excluding tert-OH is 1. The molecule has 0 saturated carbocycles. The van der Waals surface area contributed by atoms with Crippen molar-refractivity contribution in [1.29, 1.82) is 0 Å². The van der Waals surface area contributed by atoms with Crippen molar-refractivity contribution in [3.05, 3.63) is 76.9 Å². The molecule has 0 aliphatic rings. The average Bonchev–Trinajstić information content (AvgIpc) is 3.28. The van der Waals surface area contributed by atoms with E-state index in [1.165, 1.54) is 5.56 Å². The van der Waals surface area contributed by atoms with Crippen LogP contribution in [0.4, 0.5) is 0 Å². The summed E-state index contributed by atoms with van der Waals surface area (Å²) >= 11 is 1.68. The van der Waals surface area contributed by atoms with Crippen LogP contribution in [-0.2, 0) is 13.1 Å². The molecular weight excluding hydrogens is 322 g/mol. The largest absolute Gasteiger partial charge is 0.491 e. The quantitative estimate of drug-likeness (QED) is 0.642. The minimum atomic E-state index is -0.571. The smallest absolute Gasteiger partial charge is 0.119 e. The number of benzene rings is 1. The van der Waals surface area contributed by atoms with E-state index < -0.39 is 6.10 Å². The molecule has 4 nitrogen and oxygen atoms in total. The summed E-state index contributed by atoms with van der Waals surface area (Å²) in [6.45, 7) is 2.21. The Morgan fingerprint density at radius 1 is 1.08 bits per heavy atom. The summed E-state index contributed by atoms with van der Waals surface area (Å²) in [5.41, 5.74) is 1.24. The summed E-state index contributed by atoms with van der Waals surface area (Å²) in [4.78, 5) is 2.17. The van der Waals surface area contributed by atoms with E-state index in [4.69, 9.17) is 9.15 Å². The number of ether oxygens (including phenoxy) is 1. The van der Waals surface area contributed by atoms with Gasteiger partial charge in [-0.3, -0.25) is 4.90 Å². The van der Waals surface area contributed by atoms with Crippen LogP contribution in [0.5, 0.6) is 5.75 Å². The fraction of sp³-hybridized carbons (Fsp3) is 0.263. The first-order valence-electron chi connectivity index (χ1n) is 7.91. The SMILES string of the molecule is O[C@@H](COc1ccccc1)CN(Cc1ccsc1)Cc1ccco1. The zero-order chi connectivity index (χ0) is 16.6. The predicted octanol–water partition coefficient (Wildman–Crippen LogP) is 3.78. The van der Waals surface area contributed by atoms with E-state index in [9.17, 15) is 5.11 Å². The molecule has 1 N–H and O–H groups in total. The Kier molecular flexibility index (Phi) is 6.07. The summed E-state index contributed by atoms with van der Waals surface area (Å²) in [5.74, 6) is 1.66. The molecule has 0 saturated heterocycles. The second kappa shape index (κ2) is 8.68. The maximum atomic E-state index is 10.3. The normalized spacial score (nSPS) is 12.4. The third-order valence-corrected chi connectivity index (χ3v) is 4.33. The number of furan rings is 1. The molecule has 2 heterocycles. The highest BCUT2D eigenvalue weighted by Gasteiger charge is 2.15. The Balaban J connectivity index is 1.55. The number of hydrogen-bond donors (Lipinski definition) is 1. The summed E-state index contributed by atoms with van der Waals surface area (Å²) < 4.78 is 11.1. The lowest BCUT2D eigenvalue weighted by Crippen LogP contribution is -2.34. The highest BCUT2D eigenvalue weighted by Crippen LogP contribution is 2.14. The van der Waals surface area contributed by atoms with Crippen molar-refractivity contribution in [2.75, 3.05) is 13.2 Å². The van der Waals surface area contributed by atoms with Crippen molar-refractivity contribution in [2.45, 2.75) is 19.2 Å². The molecule has 0 amide bonds. The van der Waals surface area contributed by atoms with Crippen LogP contribution in [0.3, 0.4) is 0 Å². The molecule has 1 atom stereocenters. The number of rotatable bonds is 9. The summed E-state index contributed by atoms with van der Waals surface area (Å²) in [7, 11) is 0. The maximum Gasteiger partial charge on any atom is 0.119 e. The van der Waals surface area contributed by atoms with Crippen molar-refractivity contribution in [3.8, 4) is 5.75 Å². The van der Waals surface area contributed by atoms with Crippen LogP contribution in [0.15, 0.2) is 70.0 Å². The van der Waals surface area contributed by atoms with E-state index in [1.54, 1.807) is 17.6 Å². The minimum absolute atomic E-state index is 0.266. The Morgan fingerprint density at radius 2 is 1.96 bits per heavy atom. The first-order chi connectivity index (χ1) is 11.8. The van der Waals surface area contributed by atoms with Crippen LogP contribution in [0, 0.1) is 0 Å². The average molecular weight is 343 g/mol. The van der Waals surface area contributed by atoms with Gasteiger partial charge >= 0.3 is 0 Å². The molecule has 0 unspecified atom stereocenters. The summed E-state index contributed by atoms with van der Waals surface area (Å²) in [6.07, 6.45) is 1.10. The fourth-order valence-electron chi connectivity index (χ4n) is 2.51. The number of hydrogen-bond acceptors (Lipinski definition) is 5. The van der Waals surface area contributed by atoms with Crippen molar-refractivity contribution >= 4 is 11.3 Å². The molecule has 0 spiro atoms. The van der Waals surface area contributed by atoms with Gasteiger partial charge in [0.15, 0.2) is 0 Å². The molecule has 1 aromatic carbocycles. The van der Waals surface area contributed by atoms with Crippen molar-refractivity contribution < 1.29 is 14.3 Å². The van der Waals surface area contributed by atoms with Crippen LogP contribution in [0.25, 0.3) is 0 Å². The number of para-hydroxylation sites is 1. The van der Waals surface area contributed by atoms with Gasteiger partial charge in [0.05, 0.1) is 12.8 Å². The van der Waals surface area contributed by atoms with Gasteiger partial charge in [-0.15, -0.1) is 0 Å². The Bertz CT molecular complexity index is 647. The van der Waals surface area contributed by atoms with E-state index in [2.05, 4.69) is 21.7 Å². The van der Waals surface area contributed by atoms with Crippen LogP contribution >= 0.6 is 11.3 Å². The van der Waals surface area contributed by atoms with E-state index in [1.807, 2.05) is 42.5 Å². The molecule has 5 heteroatoms. The number of aliphatic hydroxyl groups is 1. The Labute approximate surface area is 145 Å². The lowest BCUT2D eigenvalue weighted by atomic mass is 10.2. The highest BCUT2D eigenvalue weighted by molar-refractivity contribution is 7.07. The van der Waals surface area contributed by atoms with Crippen LogP contribution in [-0.4, -0.2) is 29.3 Å². The molecule has 126 valence electrons. The van der Waals surface area contributed by atoms with Gasteiger partial charge in [0, 0.05) is 13.1 Å². The Morgan fingerprint density at radius 3 is 2.67 bits per heavy atom. The molecule has 0 fully saturated rings. The van der Waals surface area contributed by atoms with Gasteiger partial charge in [-0.1, -0.05) is 18.2 Å². The van der Waals surface area contributed by atoms with Crippen molar-refractivity contribution in [1.82, 2.24) is 4.90 Å². The van der Waals surface area contributed by atoms with Gasteiger partial charge in [0.1, 0.15) is 24.2 Å². The zero-order valence-electron chi connectivity index (χ0n) is 13.4. The lowest BCUT2D eigenvalue weighted by Gasteiger charge is -2.24. The molecule has 0 aliphatic carbocycles. The van der Waals surface area contributed by atoms with Gasteiger partial charge in [-0.25, -0.2) is 0 Å². The zero-order valence-corrected chi connectivity index (χ0v) is 14.2. The summed E-state index contributed by atoms with van der Waals surface area (Å²) in [5, 5.41) is 14.5. The first kappa shape index (κ1) is 16.8. The fourth-order valence-corrected chi connectivity index (χ4v) is 3.17. The number of nitrogens with zero attached hydrogens (tertiary/aromatic N) is 1. The van der Waals surface area contributed by atoms with E-state index in [0.29, 0.717) is 13.1 Å². The third kappa shape index (κ3) is 5.23. The first-order valence-corrected chi connectivity index (χ1v) is 8.85. The molecule has 0 aliphatic heterocycles. The van der Waals surface area contributed by atoms with Gasteiger partial charge in [0.2, 0.25) is 0 Å². The van der Waals surface area contributed by atoms with E-state index in [-0.39, 0.29) is 6.61 Å². The van der Waals surface area contributed by atoms with Gasteiger partial charge in [-0.2, -0.15) is 11.3 Å². The van der Waals surface area contributed by atoms with Crippen LogP contribution < -0.4 is 4.74 Å². The predicted molar refractivity (Wildman–Crippen MR) is 95.1 cm³/mol.